The molecule has 2 aromatic rings. The summed E-state index contributed by atoms with van der Waals surface area (Å²) in [6.07, 6.45) is 0.159. The summed E-state index contributed by atoms with van der Waals surface area (Å²) in [5.74, 6) is 0.165. The molecule has 0 aliphatic carbocycles. The number of methoxy groups -OCH3 is 2. The standard InChI is InChI=1S/C19H16Cl2N2O2/c1-24-18-6-3-12(9-19(18)25-2)14(7-8-22)16(11-23)15-5-4-13(20)10-17(15)21/h3-6,9-10,14,16H,7H2,1-2H3. The molecule has 0 radical (unpaired) electrons. The fraction of sp³-hybridized carbons (Fsp3) is 0.263. The van der Waals surface area contributed by atoms with Crippen LogP contribution in [0.15, 0.2) is 36.4 Å². The molecule has 0 saturated carbocycles. The molecule has 2 atom stereocenters. The molecular weight excluding hydrogens is 359 g/mol. The van der Waals surface area contributed by atoms with E-state index in [0.717, 1.165) is 5.56 Å². The number of rotatable bonds is 6. The number of hydrogen-bond donors (Lipinski definition) is 0. The molecule has 2 rings (SSSR count). The Bertz CT molecular complexity index is 840. The van der Waals surface area contributed by atoms with Gasteiger partial charge < -0.3 is 9.47 Å². The van der Waals surface area contributed by atoms with Crippen molar-refractivity contribution in [1.29, 1.82) is 10.5 Å². The maximum atomic E-state index is 9.75. The van der Waals surface area contributed by atoms with E-state index < -0.39 is 5.92 Å². The second kappa shape index (κ2) is 8.62. The van der Waals surface area contributed by atoms with Crippen molar-refractivity contribution in [2.45, 2.75) is 18.3 Å². The topological polar surface area (TPSA) is 66.0 Å². The van der Waals surface area contributed by atoms with E-state index >= 15 is 0 Å². The fourth-order valence-corrected chi connectivity index (χ4v) is 3.27. The highest BCUT2D eigenvalue weighted by atomic mass is 35.5. The summed E-state index contributed by atoms with van der Waals surface area (Å²) in [5, 5.41) is 19.9. The van der Waals surface area contributed by atoms with Gasteiger partial charge in [-0.3, -0.25) is 0 Å². The summed E-state index contributed by atoms with van der Waals surface area (Å²) < 4.78 is 10.6. The van der Waals surface area contributed by atoms with Crippen LogP contribution < -0.4 is 9.47 Å². The van der Waals surface area contributed by atoms with Crippen molar-refractivity contribution in [2.75, 3.05) is 14.2 Å². The van der Waals surface area contributed by atoms with Gasteiger partial charge in [0.05, 0.1) is 32.3 Å². The predicted molar refractivity (Wildman–Crippen MR) is 97.3 cm³/mol. The summed E-state index contributed by atoms with van der Waals surface area (Å²) in [4.78, 5) is 0. The summed E-state index contributed by atoms with van der Waals surface area (Å²) in [6.45, 7) is 0. The molecule has 0 saturated heterocycles. The lowest BCUT2D eigenvalue weighted by atomic mass is 9.80. The molecule has 0 amide bonds. The first-order valence-electron chi connectivity index (χ1n) is 7.49. The highest BCUT2D eigenvalue weighted by Crippen LogP contribution is 2.41. The van der Waals surface area contributed by atoms with E-state index in [-0.39, 0.29) is 12.3 Å². The Morgan fingerprint density at radius 1 is 1.00 bits per heavy atom. The molecule has 25 heavy (non-hydrogen) atoms. The van der Waals surface area contributed by atoms with Gasteiger partial charge in [0.15, 0.2) is 11.5 Å². The van der Waals surface area contributed by atoms with Gasteiger partial charge in [-0.05, 0) is 35.4 Å². The Hall–Kier alpha value is -2.40. The monoisotopic (exact) mass is 374 g/mol. The largest absolute Gasteiger partial charge is 0.493 e. The maximum absolute atomic E-state index is 9.75. The zero-order valence-electron chi connectivity index (χ0n) is 13.8. The van der Waals surface area contributed by atoms with Gasteiger partial charge in [-0.15, -0.1) is 0 Å². The average molecular weight is 375 g/mol. The second-order valence-corrected chi connectivity index (χ2v) is 6.20. The van der Waals surface area contributed by atoms with Crippen molar-refractivity contribution in [2.24, 2.45) is 0 Å². The fourth-order valence-electron chi connectivity index (χ4n) is 2.74. The molecule has 2 aromatic carbocycles. The van der Waals surface area contributed by atoms with Crippen LogP contribution in [0.1, 0.15) is 29.4 Å². The van der Waals surface area contributed by atoms with Crippen LogP contribution in [-0.4, -0.2) is 14.2 Å². The minimum absolute atomic E-state index is 0.159. The predicted octanol–water partition coefficient (Wildman–Crippen LogP) is 5.32. The lowest BCUT2D eigenvalue weighted by molar-refractivity contribution is 0.354. The van der Waals surface area contributed by atoms with E-state index in [2.05, 4.69) is 12.1 Å². The van der Waals surface area contributed by atoms with Gasteiger partial charge in [0.25, 0.3) is 0 Å². The third-order valence-corrected chi connectivity index (χ3v) is 4.55. The van der Waals surface area contributed by atoms with Crippen LogP contribution in [-0.2, 0) is 0 Å². The molecule has 128 valence electrons. The van der Waals surface area contributed by atoms with Crippen LogP contribution in [0.4, 0.5) is 0 Å². The Balaban J connectivity index is 2.52. The van der Waals surface area contributed by atoms with Gasteiger partial charge in [-0.25, -0.2) is 0 Å². The van der Waals surface area contributed by atoms with E-state index in [1.165, 1.54) is 0 Å². The van der Waals surface area contributed by atoms with Gasteiger partial charge in [0, 0.05) is 22.4 Å². The minimum atomic E-state index is -0.595. The van der Waals surface area contributed by atoms with Crippen LogP contribution in [0.2, 0.25) is 10.0 Å². The molecule has 0 bridgehead atoms. The van der Waals surface area contributed by atoms with Crippen molar-refractivity contribution in [1.82, 2.24) is 0 Å². The summed E-state index contributed by atoms with van der Waals surface area (Å²) in [6, 6.07) is 14.8. The molecule has 6 heteroatoms. The van der Waals surface area contributed by atoms with Crippen LogP contribution >= 0.6 is 23.2 Å². The number of benzene rings is 2. The smallest absolute Gasteiger partial charge is 0.160 e. The number of halogens is 2. The molecule has 0 spiro atoms. The Kier molecular flexibility index (Phi) is 6.53. The minimum Gasteiger partial charge on any atom is -0.493 e. The third-order valence-electron chi connectivity index (χ3n) is 3.99. The highest BCUT2D eigenvalue weighted by molar-refractivity contribution is 6.35. The number of ether oxygens (including phenoxy) is 2. The number of nitriles is 2. The Labute approximate surface area is 157 Å². The molecule has 2 unspecified atom stereocenters. The van der Waals surface area contributed by atoms with Crippen molar-refractivity contribution in [3.63, 3.8) is 0 Å². The van der Waals surface area contributed by atoms with Crippen molar-refractivity contribution in [3.8, 4) is 23.6 Å². The summed E-state index contributed by atoms with van der Waals surface area (Å²) in [5.41, 5.74) is 1.44. The van der Waals surface area contributed by atoms with Crippen LogP contribution in [0, 0.1) is 22.7 Å². The summed E-state index contributed by atoms with van der Waals surface area (Å²) in [7, 11) is 3.09. The van der Waals surface area contributed by atoms with Gasteiger partial charge in [0.2, 0.25) is 0 Å². The van der Waals surface area contributed by atoms with Crippen molar-refractivity contribution < 1.29 is 9.47 Å². The van der Waals surface area contributed by atoms with Crippen LogP contribution in [0.25, 0.3) is 0 Å². The normalized spacial score (nSPS) is 12.6. The first kappa shape index (κ1) is 18.9. The third kappa shape index (κ3) is 4.17. The first-order valence-corrected chi connectivity index (χ1v) is 8.24. The average Bonchev–Trinajstić information content (AvgIpc) is 2.62. The highest BCUT2D eigenvalue weighted by Gasteiger charge is 2.27. The van der Waals surface area contributed by atoms with E-state index in [1.54, 1.807) is 44.6 Å². The lowest BCUT2D eigenvalue weighted by Crippen LogP contribution is -2.11. The van der Waals surface area contributed by atoms with Crippen LogP contribution in [0.5, 0.6) is 11.5 Å². The zero-order valence-corrected chi connectivity index (χ0v) is 15.3. The zero-order chi connectivity index (χ0) is 18.4. The van der Waals surface area contributed by atoms with Gasteiger partial charge >= 0.3 is 0 Å². The van der Waals surface area contributed by atoms with E-state index in [1.807, 2.05) is 6.07 Å². The van der Waals surface area contributed by atoms with E-state index in [0.29, 0.717) is 27.1 Å². The number of hydrogen-bond acceptors (Lipinski definition) is 4. The SMILES string of the molecule is COc1ccc(C(CC#N)C(C#N)c2ccc(Cl)cc2Cl)cc1OC. The van der Waals surface area contributed by atoms with Gasteiger partial charge in [-0.1, -0.05) is 35.3 Å². The molecule has 4 nitrogen and oxygen atoms in total. The lowest BCUT2D eigenvalue weighted by Gasteiger charge is -2.22. The van der Waals surface area contributed by atoms with Gasteiger partial charge in [0.1, 0.15) is 0 Å². The molecule has 0 heterocycles. The molecule has 0 aliphatic rings. The molecule has 0 aromatic heterocycles. The first-order chi connectivity index (χ1) is 12.0. The summed E-state index contributed by atoms with van der Waals surface area (Å²) >= 11 is 12.2. The number of nitrogens with zero attached hydrogens (tertiary/aromatic N) is 2. The molecule has 0 N–H and O–H groups in total. The van der Waals surface area contributed by atoms with Crippen molar-refractivity contribution >= 4 is 23.2 Å². The van der Waals surface area contributed by atoms with Crippen LogP contribution in [0.3, 0.4) is 0 Å². The quantitative estimate of drug-likeness (QED) is 0.686. The second-order valence-electron chi connectivity index (χ2n) is 5.36. The molecule has 0 aliphatic heterocycles. The molecular formula is C19H16Cl2N2O2. The van der Waals surface area contributed by atoms with E-state index in [4.69, 9.17) is 32.7 Å². The van der Waals surface area contributed by atoms with E-state index in [9.17, 15) is 10.5 Å². The maximum Gasteiger partial charge on any atom is 0.160 e. The molecule has 0 fully saturated rings. The van der Waals surface area contributed by atoms with Gasteiger partial charge in [-0.2, -0.15) is 10.5 Å². The van der Waals surface area contributed by atoms with Crippen molar-refractivity contribution in [3.05, 3.63) is 57.6 Å². The Morgan fingerprint density at radius 2 is 1.72 bits per heavy atom. The Morgan fingerprint density at radius 3 is 2.28 bits per heavy atom.